The van der Waals surface area contributed by atoms with Crippen LogP contribution in [0.25, 0.3) is 0 Å². The third-order valence-corrected chi connectivity index (χ3v) is 0. The van der Waals surface area contributed by atoms with Crippen molar-refractivity contribution in [3.63, 3.8) is 0 Å². The number of rotatable bonds is 0. The zero-order valence-corrected chi connectivity index (χ0v) is 11.0. The second-order valence-electron chi connectivity index (χ2n) is 6.00. The molecule has 0 N–H and O–H groups in total. The minimum absolute atomic E-state index is 0. The molecule has 0 amide bonds. The van der Waals surface area contributed by atoms with Gasteiger partial charge in [-0.15, -0.1) is 0 Å². The average Bonchev–Trinajstić information content (AvgIpc) is 1.12. The van der Waals surface area contributed by atoms with Crippen molar-refractivity contribution in [2.24, 2.45) is 0 Å². The second kappa shape index (κ2) is 6.01. The summed E-state index contributed by atoms with van der Waals surface area (Å²) >= 11 is 0. The summed E-state index contributed by atoms with van der Waals surface area (Å²) in [5, 5.41) is 0. The summed E-state index contributed by atoms with van der Waals surface area (Å²) in [5.41, 5.74) is 0. The Morgan fingerprint density at radius 2 is 0.455 bits per heavy atom. The van der Waals surface area contributed by atoms with Gasteiger partial charge < -0.3 is 0 Å². The van der Waals surface area contributed by atoms with E-state index in [0.717, 1.165) is 0 Å². The molecule has 0 atom stereocenters. The lowest BCUT2D eigenvalue weighted by Gasteiger charge is -2.01. The van der Waals surface area contributed by atoms with Gasteiger partial charge in [0.05, 0.1) is 0 Å². The van der Waals surface area contributed by atoms with Crippen LogP contribution in [-0.2, 0) is 0 Å². The Kier molecular flexibility index (Phi) is 9.56. The predicted octanol–water partition coefficient (Wildman–Crippen LogP) is 4.54. The molecular weight excluding hydrogens is 164 g/mol. The zero-order chi connectivity index (χ0) is 9.00. The fourth-order valence-corrected chi connectivity index (χ4v) is 0. The largest absolute Gasteiger partial charge is 0.0776 e. The molecule has 0 bridgehead atoms. The molecule has 0 aromatic rings. The molecule has 0 fully saturated rings. The van der Waals surface area contributed by atoms with Crippen molar-refractivity contribution in [3.8, 4) is 0 Å². The Bertz CT molecular complexity index is 50.5. The highest BCUT2D eigenvalue weighted by Crippen LogP contribution is 1.95. The van der Waals surface area contributed by atoms with Crippen LogP contribution in [0.1, 0.15) is 7.43 Å². The average molecular weight is 192 g/mol. The van der Waals surface area contributed by atoms with Crippen LogP contribution in [0.5, 0.6) is 0 Å². The summed E-state index contributed by atoms with van der Waals surface area (Å²) in [7, 11) is -1.22. The van der Waals surface area contributed by atoms with Crippen molar-refractivity contribution < 1.29 is 0 Å². The van der Waals surface area contributed by atoms with Crippen molar-refractivity contribution in [1.82, 2.24) is 0 Å². The minimum Gasteiger partial charge on any atom is -0.0776 e. The van der Waals surface area contributed by atoms with Crippen molar-refractivity contribution in [3.05, 3.63) is 0 Å². The third kappa shape index (κ3) is 3940. The van der Waals surface area contributed by atoms with E-state index >= 15 is 0 Å². The first kappa shape index (κ1) is 17.5. The first-order valence-corrected chi connectivity index (χ1v) is 12.0. The van der Waals surface area contributed by atoms with Gasteiger partial charge in [-0.05, 0) is 0 Å². The van der Waals surface area contributed by atoms with E-state index in [2.05, 4.69) is 52.4 Å². The lowest BCUT2D eigenvalue weighted by atomic mass is 11.8. The van der Waals surface area contributed by atoms with Crippen molar-refractivity contribution in [1.29, 1.82) is 0 Å². The van der Waals surface area contributed by atoms with Crippen LogP contribution in [0.3, 0.4) is 0 Å². The predicted molar refractivity (Wildman–Crippen MR) is 65.2 cm³/mol. The van der Waals surface area contributed by atoms with E-state index in [9.17, 15) is 0 Å². The van der Waals surface area contributed by atoms with Gasteiger partial charge in [-0.1, -0.05) is 59.8 Å². The fourth-order valence-electron chi connectivity index (χ4n) is 0. The zero-order valence-electron chi connectivity index (χ0n) is 9.00. The smallest absolute Gasteiger partial charge is 0.0411 e. The number of hydrogen-bond acceptors (Lipinski definition) is 0. The normalized spacial score (nSPS) is 10.9. The third-order valence-electron chi connectivity index (χ3n) is 0. The fraction of sp³-hybridized carbons (Fsp3) is 1.00. The molecule has 0 aliphatic rings. The van der Waals surface area contributed by atoms with E-state index < -0.39 is 16.1 Å². The van der Waals surface area contributed by atoms with E-state index in [1.807, 2.05) is 0 Å². The molecule has 11 heavy (non-hydrogen) atoms. The van der Waals surface area contributed by atoms with E-state index in [0.29, 0.717) is 0 Å². The molecule has 0 spiro atoms. The lowest BCUT2D eigenvalue weighted by molar-refractivity contribution is 1.71. The molecule has 0 rings (SSSR count). The van der Waals surface area contributed by atoms with Crippen LogP contribution in [-0.4, -0.2) is 16.1 Å². The van der Waals surface area contributed by atoms with Crippen molar-refractivity contribution >= 4 is 16.1 Å². The summed E-state index contributed by atoms with van der Waals surface area (Å²) in [6, 6.07) is 0. The summed E-state index contributed by atoms with van der Waals surface area (Å²) in [5.74, 6) is 0. The molecule has 0 unspecified atom stereocenters. The first-order chi connectivity index (χ1) is 4.00. The first-order valence-electron chi connectivity index (χ1n) is 4.00. The molecule has 0 saturated carbocycles. The Hall–Kier alpha value is 0.434. The quantitative estimate of drug-likeness (QED) is 0.494. The highest BCUT2D eigenvalue weighted by Gasteiger charge is 1.99. The SMILES string of the molecule is C.C[Si](C)(C)C.C[Si](C)(C)C. The van der Waals surface area contributed by atoms with E-state index in [1.165, 1.54) is 0 Å². The highest BCUT2D eigenvalue weighted by atomic mass is 28.3. The molecule has 2 heteroatoms. The highest BCUT2D eigenvalue weighted by molar-refractivity contribution is 6.75. The van der Waals surface area contributed by atoms with Crippen LogP contribution >= 0.6 is 0 Å². The summed E-state index contributed by atoms with van der Waals surface area (Å²) < 4.78 is 0. The van der Waals surface area contributed by atoms with Gasteiger partial charge in [0.25, 0.3) is 0 Å². The van der Waals surface area contributed by atoms with Gasteiger partial charge in [-0.3, -0.25) is 0 Å². The van der Waals surface area contributed by atoms with Crippen molar-refractivity contribution in [2.45, 2.75) is 59.8 Å². The van der Waals surface area contributed by atoms with Crippen LogP contribution in [0.15, 0.2) is 0 Å². The molecule has 0 aromatic heterocycles. The van der Waals surface area contributed by atoms with Gasteiger partial charge in [0, 0.05) is 16.1 Å². The monoisotopic (exact) mass is 192 g/mol. The molecule has 0 saturated heterocycles. The van der Waals surface area contributed by atoms with Crippen molar-refractivity contribution in [2.75, 3.05) is 0 Å². The van der Waals surface area contributed by atoms with Gasteiger partial charge in [0.15, 0.2) is 0 Å². The van der Waals surface area contributed by atoms with Gasteiger partial charge in [0.1, 0.15) is 0 Å². The Morgan fingerprint density at radius 3 is 0.455 bits per heavy atom. The maximum Gasteiger partial charge on any atom is 0.0411 e. The Labute approximate surface area is 76.4 Å². The van der Waals surface area contributed by atoms with Gasteiger partial charge in [-0.25, -0.2) is 0 Å². The van der Waals surface area contributed by atoms with Crippen LogP contribution in [0.4, 0.5) is 0 Å². The van der Waals surface area contributed by atoms with E-state index in [4.69, 9.17) is 0 Å². The van der Waals surface area contributed by atoms with E-state index in [1.54, 1.807) is 0 Å². The lowest BCUT2D eigenvalue weighted by Crippen LogP contribution is -2.10. The van der Waals surface area contributed by atoms with E-state index in [-0.39, 0.29) is 7.43 Å². The standard InChI is InChI=1S/2C4H12Si.CH4/c2*1-5(2,3)4;/h2*1-4H3;1H4. The molecule has 0 aliphatic carbocycles. The molecule has 0 radical (unpaired) electrons. The summed E-state index contributed by atoms with van der Waals surface area (Å²) in [6.07, 6.45) is 0. The molecular formula is C9H28Si2. The molecule has 0 aromatic carbocycles. The summed E-state index contributed by atoms with van der Waals surface area (Å²) in [6.45, 7) is 18.6. The molecule has 72 valence electrons. The summed E-state index contributed by atoms with van der Waals surface area (Å²) in [4.78, 5) is 0. The maximum atomic E-state index is 2.33. The Morgan fingerprint density at radius 1 is 0.455 bits per heavy atom. The second-order valence-corrected chi connectivity index (χ2v) is 18.0. The maximum absolute atomic E-state index is 2.33. The van der Waals surface area contributed by atoms with Gasteiger partial charge >= 0.3 is 0 Å². The van der Waals surface area contributed by atoms with Crippen LogP contribution < -0.4 is 0 Å². The molecule has 0 nitrogen and oxygen atoms in total. The van der Waals surface area contributed by atoms with Gasteiger partial charge in [-0.2, -0.15) is 0 Å². The van der Waals surface area contributed by atoms with Crippen LogP contribution in [0, 0.1) is 0 Å². The topological polar surface area (TPSA) is 0 Å². The molecule has 0 heterocycles. The van der Waals surface area contributed by atoms with Crippen LogP contribution in [0.2, 0.25) is 52.4 Å². The number of hydrogen-bond donors (Lipinski definition) is 0. The molecule has 0 aliphatic heterocycles. The Balaban J connectivity index is -0.000000107. The minimum atomic E-state index is -0.611. The van der Waals surface area contributed by atoms with Gasteiger partial charge in [0.2, 0.25) is 0 Å².